The lowest BCUT2D eigenvalue weighted by Gasteiger charge is -2.09. The lowest BCUT2D eigenvalue weighted by Crippen LogP contribution is -2.04. The van der Waals surface area contributed by atoms with E-state index in [0.29, 0.717) is 33.2 Å². The van der Waals surface area contributed by atoms with Gasteiger partial charge in [0.05, 0.1) is 15.1 Å². The van der Waals surface area contributed by atoms with Gasteiger partial charge in [0.25, 0.3) is 0 Å². The van der Waals surface area contributed by atoms with Crippen molar-refractivity contribution >= 4 is 46.6 Å². The van der Waals surface area contributed by atoms with Gasteiger partial charge in [-0.2, -0.15) is 0 Å². The van der Waals surface area contributed by atoms with Crippen LogP contribution in [0, 0.1) is 6.92 Å². The fourth-order valence-electron chi connectivity index (χ4n) is 2.24. The first-order chi connectivity index (χ1) is 12.4. The third-order valence-electron chi connectivity index (χ3n) is 3.72. The van der Waals surface area contributed by atoms with E-state index < -0.39 is 0 Å². The number of aromatic nitrogens is 3. The molecule has 0 saturated heterocycles. The monoisotopic (exact) mass is 427 g/mol. The molecular weight excluding hydrogens is 413 g/mol. The van der Waals surface area contributed by atoms with Gasteiger partial charge < -0.3 is 9.30 Å². The van der Waals surface area contributed by atoms with Gasteiger partial charge in [-0.1, -0.05) is 58.7 Å². The standard InChI is InChI=1S/C18H16Cl3N3OS/c1-11-3-5-14(20)16(7-11)25-9-17-22-23-18(24(17)2)26-10-12-4-6-13(19)15(21)8-12/h3-8H,9-10H2,1-2H3. The molecule has 3 aromatic rings. The molecule has 0 amide bonds. The molecule has 0 aliphatic carbocycles. The zero-order valence-corrected chi connectivity index (χ0v) is 17.3. The highest BCUT2D eigenvalue weighted by atomic mass is 35.5. The number of rotatable bonds is 6. The highest BCUT2D eigenvalue weighted by Gasteiger charge is 2.11. The van der Waals surface area contributed by atoms with E-state index in [1.54, 1.807) is 17.8 Å². The molecule has 0 unspecified atom stereocenters. The second kappa shape index (κ2) is 8.53. The lowest BCUT2D eigenvalue weighted by atomic mass is 10.2. The number of benzene rings is 2. The Morgan fingerprint density at radius 2 is 1.77 bits per heavy atom. The summed E-state index contributed by atoms with van der Waals surface area (Å²) in [5, 5.41) is 10.9. The van der Waals surface area contributed by atoms with Crippen molar-refractivity contribution in [1.29, 1.82) is 0 Å². The van der Waals surface area contributed by atoms with E-state index in [-0.39, 0.29) is 0 Å². The maximum absolute atomic E-state index is 6.16. The number of hydrogen-bond donors (Lipinski definition) is 0. The minimum atomic E-state index is 0.292. The van der Waals surface area contributed by atoms with Crippen LogP contribution in [0.3, 0.4) is 0 Å². The molecule has 0 saturated carbocycles. The molecule has 0 N–H and O–H groups in total. The Bertz CT molecular complexity index is 930. The van der Waals surface area contributed by atoms with Crippen LogP contribution < -0.4 is 4.74 Å². The van der Waals surface area contributed by atoms with Crippen molar-refractivity contribution in [2.24, 2.45) is 7.05 Å². The number of aryl methyl sites for hydroxylation is 1. The molecule has 2 aromatic carbocycles. The summed E-state index contributed by atoms with van der Waals surface area (Å²) in [6, 6.07) is 11.3. The summed E-state index contributed by atoms with van der Waals surface area (Å²) in [5.41, 5.74) is 2.15. The zero-order valence-electron chi connectivity index (χ0n) is 14.2. The maximum atomic E-state index is 6.16. The minimum Gasteiger partial charge on any atom is -0.484 e. The summed E-state index contributed by atoms with van der Waals surface area (Å²) in [6.45, 7) is 2.28. The average molecular weight is 429 g/mol. The number of hydrogen-bond acceptors (Lipinski definition) is 4. The van der Waals surface area contributed by atoms with Crippen LogP contribution in [0.25, 0.3) is 0 Å². The van der Waals surface area contributed by atoms with Gasteiger partial charge in [-0.3, -0.25) is 0 Å². The molecule has 1 aromatic heterocycles. The number of nitrogens with zero attached hydrogens (tertiary/aromatic N) is 3. The van der Waals surface area contributed by atoms with Crippen molar-refractivity contribution in [3.63, 3.8) is 0 Å². The third kappa shape index (κ3) is 4.65. The van der Waals surface area contributed by atoms with Gasteiger partial charge in [-0.25, -0.2) is 0 Å². The maximum Gasteiger partial charge on any atom is 0.191 e. The molecule has 0 spiro atoms. The largest absolute Gasteiger partial charge is 0.484 e. The van der Waals surface area contributed by atoms with E-state index in [9.17, 15) is 0 Å². The quantitative estimate of drug-likeness (QED) is 0.454. The molecule has 0 radical (unpaired) electrons. The molecule has 0 atom stereocenters. The molecule has 0 aliphatic rings. The molecule has 4 nitrogen and oxygen atoms in total. The van der Waals surface area contributed by atoms with Gasteiger partial charge in [0.1, 0.15) is 12.4 Å². The Labute approximate surface area is 171 Å². The van der Waals surface area contributed by atoms with Gasteiger partial charge in [0.2, 0.25) is 0 Å². The van der Waals surface area contributed by atoms with Crippen molar-refractivity contribution in [2.75, 3.05) is 0 Å². The second-order valence-corrected chi connectivity index (χ2v) is 7.88. The zero-order chi connectivity index (χ0) is 18.7. The van der Waals surface area contributed by atoms with Gasteiger partial charge in [0.15, 0.2) is 11.0 Å². The predicted octanol–water partition coefficient (Wildman–Crippen LogP) is 5.96. The van der Waals surface area contributed by atoms with E-state index in [1.165, 1.54) is 0 Å². The molecule has 0 bridgehead atoms. The first-order valence-corrected chi connectivity index (χ1v) is 9.90. The van der Waals surface area contributed by atoms with Gasteiger partial charge >= 0.3 is 0 Å². The van der Waals surface area contributed by atoms with Crippen LogP contribution in [-0.4, -0.2) is 14.8 Å². The van der Waals surface area contributed by atoms with Crippen LogP contribution in [0.4, 0.5) is 0 Å². The van der Waals surface area contributed by atoms with Gasteiger partial charge in [0, 0.05) is 12.8 Å². The summed E-state index contributed by atoms with van der Waals surface area (Å²) >= 11 is 19.7. The van der Waals surface area contributed by atoms with E-state index in [4.69, 9.17) is 39.5 Å². The second-order valence-electron chi connectivity index (χ2n) is 5.72. The van der Waals surface area contributed by atoms with E-state index in [0.717, 1.165) is 22.1 Å². The minimum absolute atomic E-state index is 0.292. The van der Waals surface area contributed by atoms with Crippen molar-refractivity contribution in [3.8, 4) is 5.75 Å². The molecule has 8 heteroatoms. The Balaban J connectivity index is 1.64. The van der Waals surface area contributed by atoms with E-state index in [1.807, 2.05) is 48.9 Å². The average Bonchev–Trinajstić information content (AvgIpc) is 2.97. The van der Waals surface area contributed by atoms with Gasteiger partial charge in [-0.15, -0.1) is 10.2 Å². The first kappa shape index (κ1) is 19.4. The molecular formula is C18H16Cl3N3OS. The lowest BCUT2D eigenvalue weighted by molar-refractivity contribution is 0.290. The molecule has 0 aliphatic heterocycles. The Kier molecular flexibility index (Phi) is 6.35. The molecule has 26 heavy (non-hydrogen) atoms. The predicted molar refractivity (Wildman–Crippen MR) is 108 cm³/mol. The molecule has 0 fully saturated rings. The number of halogens is 3. The summed E-state index contributed by atoms with van der Waals surface area (Å²) in [6.07, 6.45) is 0. The highest BCUT2D eigenvalue weighted by molar-refractivity contribution is 7.98. The van der Waals surface area contributed by atoms with Crippen LogP contribution in [0.5, 0.6) is 5.75 Å². The highest BCUT2D eigenvalue weighted by Crippen LogP contribution is 2.28. The first-order valence-electron chi connectivity index (χ1n) is 7.78. The SMILES string of the molecule is Cc1ccc(Cl)c(OCc2nnc(SCc3ccc(Cl)c(Cl)c3)n2C)c1. The summed E-state index contributed by atoms with van der Waals surface area (Å²) in [7, 11) is 1.91. The fraction of sp³-hybridized carbons (Fsp3) is 0.222. The number of ether oxygens (including phenoxy) is 1. The van der Waals surface area contributed by atoms with E-state index in [2.05, 4.69) is 10.2 Å². The van der Waals surface area contributed by atoms with Gasteiger partial charge in [-0.05, 0) is 42.3 Å². The van der Waals surface area contributed by atoms with E-state index >= 15 is 0 Å². The molecule has 1 heterocycles. The molecule has 3 rings (SSSR count). The van der Waals surface area contributed by atoms with Crippen LogP contribution in [-0.2, 0) is 19.4 Å². The normalized spacial score (nSPS) is 11.0. The fourth-order valence-corrected chi connectivity index (χ4v) is 3.60. The Morgan fingerprint density at radius 3 is 2.54 bits per heavy atom. The van der Waals surface area contributed by atoms with Crippen molar-refractivity contribution in [3.05, 3.63) is 68.4 Å². The van der Waals surface area contributed by atoms with Crippen LogP contribution in [0.2, 0.25) is 15.1 Å². The molecule has 136 valence electrons. The topological polar surface area (TPSA) is 39.9 Å². The Hall–Kier alpha value is -1.40. The van der Waals surface area contributed by atoms with Crippen LogP contribution >= 0.6 is 46.6 Å². The third-order valence-corrected chi connectivity index (χ3v) is 5.86. The van der Waals surface area contributed by atoms with Crippen LogP contribution in [0.15, 0.2) is 41.6 Å². The van der Waals surface area contributed by atoms with Crippen molar-refractivity contribution in [2.45, 2.75) is 24.4 Å². The number of thioether (sulfide) groups is 1. The smallest absolute Gasteiger partial charge is 0.191 e. The van der Waals surface area contributed by atoms with Crippen molar-refractivity contribution < 1.29 is 4.74 Å². The summed E-state index contributed by atoms with van der Waals surface area (Å²) in [4.78, 5) is 0. The van der Waals surface area contributed by atoms with Crippen LogP contribution in [0.1, 0.15) is 17.0 Å². The van der Waals surface area contributed by atoms with Crippen molar-refractivity contribution in [1.82, 2.24) is 14.8 Å². The summed E-state index contributed by atoms with van der Waals surface area (Å²) < 4.78 is 7.70. The Morgan fingerprint density at radius 1 is 1.00 bits per heavy atom. The summed E-state index contributed by atoms with van der Waals surface area (Å²) in [5.74, 6) is 2.08.